The van der Waals surface area contributed by atoms with E-state index < -0.39 is 17.9 Å². The Morgan fingerprint density at radius 3 is 2.46 bits per heavy atom. The molecule has 0 saturated carbocycles. The average Bonchev–Trinajstić information content (AvgIpc) is 2.88. The van der Waals surface area contributed by atoms with Crippen LogP contribution >= 0.6 is 15.9 Å². The number of halogens is 1. The standard InChI is InChI=1S/C17H20BrN3O3/c1-10(2)8-15(17(23)24)19-16(22)14-9-21(20-11(14)3)13-6-4-12(18)5-7-13/h4-7,9-10,15H,8H2,1-3H3,(H,19,22)(H,23,24). The maximum atomic E-state index is 12.4. The van der Waals surface area contributed by atoms with Crippen molar-refractivity contribution < 1.29 is 14.7 Å². The molecular weight excluding hydrogens is 374 g/mol. The summed E-state index contributed by atoms with van der Waals surface area (Å²) < 4.78 is 2.56. The van der Waals surface area contributed by atoms with Gasteiger partial charge >= 0.3 is 5.97 Å². The van der Waals surface area contributed by atoms with E-state index in [1.54, 1.807) is 17.8 Å². The van der Waals surface area contributed by atoms with Crippen LogP contribution in [0.5, 0.6) is 0 Å². The molecule has 0 bridgehead atoms. The third-order valence-corrected chi connectivity index (χ3v) is 4.07. The number of aromatic nitrogens is 2. The fourth-order valence-corrected chi connectivity index (χ4v) is 2.60. The highest BCUT2D eigenvalue weighted by atomic mass is 79.9. The lowest BCUT2D eigenvalue weighted by atomic mass is 10.0. The van der Waals surface area contributed by atoms with E-state index in [0.717, 1.165) is 10.2 Å². The fraction of sp³-hybridized carbons (Fsp3) is 0.353. The number of carbonyl (C=O) groups excluding carboxylic acids is 1. The van der Waals surface area contributed by atoms with Gasteiger partial charge < -0.3 is 10.4 Å². The second kappa shape index (κ2) is 7.61. The quantitative estimate of drug-likeness (QED) is 0.788. The molecule has 2 rings (SSSR count). The van der Waals surface area contributed by atoms with Crippen molar-refractivity contribution in [1.29, 1.82) is 0 Å². The number of aliphatic carboxylic acids is 1. The Balaban J connectivity index is 2.21. The molecule has 7 heteroatoms. The van der Waals surface area contributed by atoms with Gasteiger partial charge in [-0.15, -0.1) is 0 Å². The van der Waals surface area contributed by atoms with Crippen LogP contribution in [0.4, 0.5) is 0 Å². The topological polar surface area (TPSA) is 84.2 Å². The molecule has 0 radical (unpaired) electrons. The fourth-order valence-electron chi connectivity index (χ4n) is 2.34. The number of carbonyl (C=O) groups is 2. The van der Waals surface area contributed by atoms with E-state index in [1.165, 1.54) is 0 Å². The van der Waals surface area contributed by atoms with E-state index in [1.807, 2.05) is 38.1 Å². The second-order valence-electron chi connectivity index (χ2n) is 6.04. The van der Waals surface area contributed by atoms with Crippen LogP contribution in [0.1, 0.15) is 36.3 Å². The van der Waals surface area contributed by atoms with Crippen LogP contribution in [-0.4, -0.2) is 32.8 Å². The van der Waals surface area contributed by atoms with Crippen molar-refractivity contribution in [3.63, 3.8) is 0 Å². The summed E-state index contributed by atoms with van der Waals surface area (Å²) in [6.45, 7) is 5.56. The van der Waals surface area contributed by atoms with Gasteiger partial charge in [0.25, 0.3) is 5.91 Å². The molecule has 6 nitrogen and oxygen atoms in total. The first-order valence-electron chi connectivity index (χ1n) is 7.63. The van der Waals surface area contributed by atoms with Gasteiger partial charge in [0.2, 0.25) is 0 Å². The van der Waals surface area contributed by atoms with Crippen LogP contribution in [0.3, 0.4) is 0 Å². The van der Waals surface area contributed by atoms with E-state index in [4.69, 9.17) is 0 Å². The molecule has 1 aromatic carbocycles. The molecule has 0 aliphatic rings. The summed E-state index contributed by atoms with van der Waals surface area (Å²) in [6, 6.07) is 6.60. The van der Waals surface area contributed by atoms with Gasteiger partial charge in [0.1, 0.15) is 6.04 Å². The average molecular weight is 394 g/mol. The number of hydrogen-bond donors (Lipinski definition) is 2. The zero-order valence-electron chi connectivity index (χ0n) is 13.8. The first-order chi connectivity index (χ1) is 11.3. The van der Waals surface area contributed by atoms with Crippen LogP contribution in [0.15, 0.2) is 34.9 Å². The summed E-state index contributed by atoms with van der Waals surface area (Å²) in [5.41, 5.74) is 1.73. The third kappa shape index (κ3) is 4.44. The Kier molecular flexibility index (Phi) is 5.77. The van der Waals surface area contributed by atoms with Crippen molar-refractivity contribution >= 4 is 27.8 Å². The Morgan fingerprint density at radius 2 is 1.92 bits per heavy atom. The van der Waals surface area contributed by atoms with Gasteiger partial charge in [-0.1, -0.05) is 29.8 Å². The first kappa shape index (κ1) is 18.2. The van der Waals surface area contributed by atoms with Crippen LogP contribution in [0.2, 0.25) is 0 Å². The molecule has 0 fully saturated rings. The predicted molar refractivity (Wildman–Crippen MR) is 94.3 cm³/mol. The van der Waals surface area contributed by atoms with Gasteiger partial charge in [0, 0.05) is 10.7 Å². The summed E-state index contributed by atoms with van der Waals surface area (Å²) in [6.07, 6.45) is 1.99. The Morgan fingerprint density at radius 1 is 1.29 bits per heavy atom. The number of amides is 1. The minimum absolute atomic E-state index is 0.165. The summed E-state index contributed by atoms with van der Waals surface area (Å²) in [5, 5.41) is 16.2. The SMILES string of the molecule is Cc1nn(-c2ccc(Br)cc2)cc1C(=O)NC(CC(C)C)C(=O)O. The number of rotatable bonds is 6. The number of carboxylic acid groups (broad SMARTS) is 1. The van der Waals surface area contributed by atoms with Gasteiger partial charge in [0.05, 0.1) is 16.9 Å². The van der Waals surface area contributed by atoms with Crippen molar-refractivity contribution in [2.24, 2.45) is 5.92 Å². The van der Waals surface area contributed by atoms with E-state index in [-0.39, 0.29) is 5.92 Å². The molecule has 1 heterocycles. The molecular formula is C17H20BrN3O3. The highest BCUT2D eigenvalue weighted by Gasteiger charge is 2.23. The maximum absolute atomic E-state index is 12.4. The first-order valence-corrected chi connectivity index (χ1v) is 8.43. The smallest absolute Gasteiger partial charge is 0.326 e. The van der Waals surface area contributed by atoms with Crippen molar-refractivity contribution in [3.05, 3.63) is 46.2 Å². The zero-order valence-corrected chi connectivity index (χ0v) is 15.4. The number of hydrogen-bond acceptors (Lipinski definition) is 3. The highest BCUT2D eigenvalue weighted by molar-refractivity contribution is 9.10. The lowest BCUT2D eigenvalue weighted by Crippen LogP contribution is -2.41. The van der Waals surface area contributed by atoms with Gasteiger partial charge in [0.15, 0.2) is 0 Å². The van der Waals surface area contributed by atoms with E-state index in [9.17, 15) is 14.7 Å². The molecule has 0 aliphatic carbocycles. The Labute approximate surface area is 149 Å². The maximum Gasteiger partial charge on any atom is 0.326 e. The molecule has 1 amide bonds. The Hall–Kier alpha value is -2.15. The molecule has 2 aromatic rings. The molecule has 24 heavy (non-hydrogen) atoms. The van der Waals surface area contributed by atoms with Gasteiger partial charge in [-0.3, -0.25) is 4.79 Å². The summed E-state index contributed by atoms with van der Waals surface area (Å²) in [7, 11) is 0. The van der Waals surface area contributed by atoms with Crippen LogP contribution in [-0.2, 0) is 4.79 Å². The molecule has 128 valence electrons. The van der Waals surface area contributed by atoms with Crippen LogP contribution in [0.25, 0.3) is 5.69 Å². The summed E-state index contributed by atoms with van der Waals surface area (Å²) in [4.78, 5) is 23.7. The highest BCUT2D eigenvalue weighted by Crippen LogP contribution is 2.16. The van der Waals surface area contributed by atoms with E-state index >= 15 is 0 Å². The van der Waals surface area contributed by atoms with Gasteiger partial charge in [-0.05, 0) is 43.5 Å². The number of benzene rings is 1. The second-order valence-corrected chi connectivity index (χ2v) is 6.96. The van der Waals surface area contributed by atoms with Crippen LogP contribution < -0.4 is 5.32 Å². The molecule has 1 aromatic heterocycles. The molecule has 0 aliphatic heterocycles. The zero-order chi connectivity index (χ0) is 17.9. The summed E-state index contributed by atoms with van der Waals surface area (Å²) in [5.74, 6) is -1.29. The lowest BCUT2D eigenvalue weighted by molar-refractivity contribution is -0.139. The molecule has 1 atom stereocenters. The number of nitrogens with one attached hydrogen (secondary N) is 1. The van der Waals surface area contributed by atoms with Crippen molar-refractivity contribution in [1.82, 2.24) is 15.1 Å². The number of nitrogens with zero attached hydrogens (tertiary/aromatic N) is 2. The number of aryl methyl sites for hydroxylation is 1. The monoisotopic (exact) mass is 393 g/mol. The van der Waals surface area contributed by atoms with E-state index in [0.29, 0.717) is 17.7 Å². The minimum atomic E-state index is -1.03. The van der Waals surface area contributed by atoms with Crippen molar-refractivity contribution in [3.8, 4) is 5.69 Å². The van der Waals surface area contributed by atoms with Crippen LogP contribution in [0, 0.1) is 12.8 Å². The molecule has 2 N–H and O–H groups in total. The largest absolute Gasteiger partial charge is 0.480 e. The van der Waals surface area contributed by atoms with E-state index in [2.05, 4.69) is 26.3 Å². The van der Waals surface area contributed by atoms with Crippen molar-refractivity contribution in [2.75, 3.05) is 0 Å². The minimum Gasteiger partial charge on any atom is -0.480 e. The normalized spacial score (nSPS) is 12.2. The molecule has 0 saturated heterocycles. The Bertz CT molecular complexity index is 738. The predicted octanol–water partition coefficient (Wildman–Crippen LogP) is 3.17. The third-order valence-electron chi connectivity index (χ3n) is 3.55. The lowest BCUT2D eigenvalue weighted by Gasteiger charge is -2.16. The van der Waals surface area contributed by atoms with Gasteiger partial charge in [-0.25, -0.2) is 9.48 Å². The summed E-state index contributed by atoms with van der Waals surface area (Å²) >= 11 is 3.37. The van der Waals surface area contributed by atoms with Crippen molar-refractivity contribution in [2.45, 2.75) is 33.2 Å². The number of carboxylic acids is 1. The van der Waals surface area contributed by atoms with Gasteiger partial charge in [-0.2, -0.15) is 5.10 Å². The molecule has 0 spiro atoms. The molecule has 1 unspecified atom stereocenters.